The molecule has 3 aromatic rings. The molecule has 0 saturated heterocycles. The third-order valence-electron chi connectivity index (χ3n) is 7.74. The summed E-state index contributed by atoms with van der Waals surface area (Å²) >= 11 is 1.51. The van der Waals surface area contributed by atoms with Crippen LogP contribution in [0.3, 0.4) is 0 Å². The fourth-order valence-electron chi connectivity index (χ4n) is 5.36. The molecular weight excluding hydrogens is 659 g/mol. The molecule has 0 aliphatic heterocycles. The minimum atomic E-state index is -1.07. The fourth-order valence-corrected chi connectivity index (χ4v) is 7.72. The van der Waals surface area contributed by atoms with Gasteiger partial charge in [-0.3, -0.25) is 6.08 Å². The van der Waals surface area contributed by atoms with E-state index in [1.165, 1.54) is 72.0 Å². The first kappa shape index (κ1) is 39.7. The van der Waals surface area contributed by atoms with Crippen molar-refractivity contribution in [2.24, 2.45) is 5.92 Å². The van der Waals surface area contributed by atoms with E-state index >= 15 is 0 Å². The molecule has 0 saturated carbocycles. The molecule has 0 amide bonds. The molecule has 230 valence electrons. The molecule has 0 fully saturated rings. The van der Waals surface area contributed by atoms with Gasteiger partial charge in [-0.15, -0.1) is 11.1 Å². The van der Waals surface area contributed by atoms with Gasteiger partial charge in [-0.2, -0.15) is 29.8 Å². The van der Waals surface area contributed by atoms with Crippen molar-refractivity contribution >= 4 is 11.3 Å². The van der Waals surface area contributed by atoms with Gasteiger partial charge in [0.05, 0.1) is 0 Å². The van der Waals surface area contributed by atoms with Crippen LogP contribution in [0, 0.1) is 18.1 Å². The molecule has 0 radical (unpaired) electrons. The molecule has 4 heteroatoms. The summed E-state index contributed by atoms with van der Waals surface area (Å²) in [6.07, 6.45) is 6.83. The molecule has 0 aromatic heterocycles. The second-order valence-electron chi connectivity index (χ2n) is 14.7. The molecule has 43 heavy (non-hydrogen) atoms. The summed E-state index contributed by atoms with van der Waals surface area (Å²) in [6, 6.07) is 25.6. The van der Waals surface area contributed by atoms with Crippen molar-refractivity contribution in [3.8, 4) is 11.1 Å². The van der Waals surface area contributed by atoms with Crippen molar-refractivity contribution in [1.82, 2.24) is 0 Å². The monoisotopic (exact) mass is 706 g/mol. The van der Waals surface area contributed by atoms with Crippen LogP contribution < -0.4 is 24.8 Å². The Balaban J connectivity index is 0.000000356. The Bertz CT molecular complexity index is 1380. The van der Waals surface area contributed by atoms with Crippen molar-refractivity contribution in [3.63, 3.8) is 0 Å². The van der Waals surface area contributed by atoms with Crippen LogP contribution in [0.15, 0.2) is 77.5 Å². The number of hydrogen-bond acceptors (Lipinski definition) is 0. The molecular formula is C39H50Cl2SiZr-2. The van der Waals surface area contributed by atoms with Crippen molar-refractivity contribution in [3.05, 3.63) is 117 Å². The minimum absolute atomic E-state index is 0. The Morgan fingerprint density at radius 3 is 1.84 bits per heavy atom. The Labute approximate surface area is 292 Å². The normalized spacial score (nSPS) is 15.2. The van der Waals surface area contributed by atoms with Crippen LogP contribution in [0.5, 0.6) is 0 Å². The number of halogens is 2. The summed E-state index contributed by atoms with van der Waals surface area (Å²) in [4.78, 5) is 0. The molecule has 0 N–H and O–H groups in total. The first-order valence-corrected chi connectivity index (χ1v) is 19.7. The average molecular weight is 709 g/mol. The van der Waals surface area contributed by atoms with Gasteiger partial charge in [0.2, 0.25) is 0 Å². The second kappa shape index (κ2) is 15.8. The standard InChI is InChI=1S/C21H25.C10H17Si.C8H8.2ClH.Zr/c1-20(2,3)16-7-9-18-14(12-16)11-15-13-17(21(4,5)6)8-10-19(15)18;1-8-6-9(2)10(7-8)11(3,4)5;1-2-8-6-4-3-5-7-8;;;/h7-10,12H,11H2,1-6H3;7-8H,1-5H3;3-7H,1H3;2*1H;/q2*-1;;;;+2/p-2. The molecule has 0 spiro atoms. The molecule has 0 bridgehead atoms. The summed E-state index contributed by atoms with van der Waals surface area (Å²) in [5.74, 6) is 0.553. The molecule has 2 aliphatic carbocycles. The van der Waals surface area contributed by atoms with Gasteiger partial charge in [-0.25, -0.2) is 10.8 Å². The van der Waals surface area contributed by atoms with Crippen molar-refractivity contribution in [1.29, 1.82) is 0 Å². The van der Waals surface area contributed by atoms with Crippen LogP contribution >= 0.6 is 0 Å². The van der Waals surface area contributed by atoms with Gasteiger partial charge in [0.15, 0.2) is 0 Å². The van der Waals surface area contributed by atoms with Crippen LogP contribution in [0.25, 0.3) is 11.1 Å². The summed E-state index contributed by atoms with van der Waals surface area (Å²) in [7, 11) is -1.07. The van der Waals surface area contributed by atoms with Gasteiger partial charge in [-0.05, 0) is 36.5 Å². The molecule has 5 rings (SSSR count). The van der Waals surface area contributed by atoms with Crippen LogP contribution in [-0.2, 0) is 41.5 Å². The summed E-state index contributed by atoms with van der Waals surface area (Å²) < 4.78 is 1.46. The predicted molar refractivity (Wildman–Crippen MR) is 180 cm³/mol. The topological polar surface area (TPSA) is 0 Å². The molecule has 3 aromatic carbocycles. The minimum Gasteiger partial charge on any atom is -1.00 e. The smallest absolute Gasteiger partial charge is 1.00 e. The number of allylic oxidation sites excluding steroid dienone is 4. The number of fused-ring (bicyclic) bond motifs is 3. The zero-order valence-electron chi connectivity index (χ0n) is 28.4. The van der Waals surface area contributed by atoms with Crippen molar-refractivity contribution in [2.45, 2.75) is 99.2 Å². The van der Waals surface area contributed by atoms with Gasteiger partial charge in [0.1, 0.15) is 0 Å². The van der Waals surface area contributed by atoms with Gasteiger partial charge >= 0.3 is 70.3 Å². The van der Waals surface area contributed by atoms with Crippen LogP contribution in [0.1, 0.15) is 90.1 Å². The maximum Gasteiger partial charge on any atom is -1.00 e. The number of rotatable bonds is 2. The van der Waals surface area contributed by atoms with Crippen LogP contribution in [0.4, 0.5) is 0 Å². The third kappa shape index (κ3) is 10.9. The van der Waals surface area contributed by atoms with E-state index in [4.69, 9.17) is 0 Å². The van der Waals surface area contributed by atoms with E-state index in [-0.39, 0.29) is 35.6 Å². The van der Waals surface area contributed by atoms with Gasteiger partial charge in [-0.1, -0.05) is 105 Å². The zero-order chi connectivity index (χ0) is 30.8. The Morgan fingerprint density at radius 2 is 1.42 bits per heavy atom. The Morgan fingerprint density at radius 1 is 0.837 bits per heavy atom. The molecule has 1 unspecified atom stereocenters. The van der Waals surface area contributed by atoms with E-state index in [0.29, 0.717) is 5.92 Å². The molecule has 1 atom stereocenters. The second-order valence-corrected chi connectivity index (χ2v) is 21.6. The van der Waals surface area contributed by atoms with E-state index < -0.39 is 8.07 Å². The quantitative estimate of drug-likeness (QED) is 0.211. The van der Waals surface area contributed by atoms with Gasteiger partial charge in [0.25, 0.3) is 0 Å². The zero-order valence-corrected chi connectivity index (χ0v) is 33.4. The first-order chi connectivity index (χ1) is 18.9. The van der Waals surface area contributed by atoms with E-state index in [2.05, 4.69) is 155 Å². The number of hydrogen-bond donors (Lipinski definition) is 0. The van der Waals surface area contributed by atoms with Crippen molar-refractivity contribution < 1.29 is 49.0 Å². The average Bonchev–Trinajstić information content (AvgIpc) is 3.42. The fraction of sp³-hybridized carbons (Fsp3) is 0.410. The van der Waals surface area contributed by atoms with E-state index in [9.17, 15) is 0 Å². The SMILES string of the molecule is CC(C)(C)c1[c-]c2c(cc1)-c1ccc(C(C)(C)C)cc1C2.CC1=[C-]C(C)C=C1[Si](C)(C)C.C[C](=[Zr+2])c1ccccc1.[Cl-].[Cl-]. The van der Waals surface area contributed by atoms with E-state index in [0.717, 1.165) is 6.42 Å². The maximum atomic E-state index is 3.67. The number of benzene rings is 3. The molecule has 2 aliphatic rings. The van der Waals surface area contributed by atoms with Crippen LogP contribution in [-0.4, -0.2) is 11.3 Å². The summed E-state index contributed by atoms with van der Waals surface area (Å²) in [5.41, 5.74) is 11.5. The molecule has 0 nitrogen and oxygen atoms in total. The van der Waals surface area contributed by atoms with Crippen molar-refractivity contribution in [2.75, 3.05) is 0 Å². The largest absolute Gasteiger partial charge is 1.00 e. The maximum absolute atomic E-state index is 3.67. The van der Waals surface area contributed by atoms with E-state index in [1.54, 1.807) is 5.20 Å². The van der Waals surface area contributed by atoms with Gasteiger partial charge < -0.3 is 24.8 Å². The Kier molecular flexibility index (Phi) is 14.6. The van der Waals surface area contributed by atoms with Gasteiger partial charge in [0, 0.05) is 0 Å². The predicted octanol–water partition coefficient (Wildman–Crippen LogP) is 4.62. The van der Waals surface area contributed by atoms with Crippen LogP contribution in [0.2, 0.25) is 19.6 Å². The summed E-state index contributed by atoms with van der Waals surface area (Å²) in [5, 5.41) is 1.60. The summed E-state index contributed by atoms with van der Waals surface area (Å²) in [6.45, 7) is 27.3. The first-order valence-electron chi connectivity index (χ1n) is 15.0. The molecule has 0 heterocycles. The Hall–Kier alpha value is -1.31. The van der Waals surface area contributed by atoms with E-state index in [1.807, 2.05) is 6.07 Å². The third-order valence-corrected chi connectivity index (χ3v) is 10.6.